The molecule has 2 aliphatic heterocycles. The van der Waals surface area contributed by atoms with Gasteiger partial charge in [0.25, 0.3) is 0 Å². The lowest BCUT2D eigenvalue weighted by Gasteiger charge is -2.36. The van der Waals surface area contributed by atoms with Crippen LogP contribution in [-0.2, 0) is 14.8 Å². The highest BCUT2D eigenvalue weighted by Gasteiger charge is 2.37. The average molecular weight is 502 g/mol. The number of aryl methyl sites for hydroxylation is 1. The van der Waals surface area contributed by atoms with Crippen molar-refractivity contribution in [3.05, 3.63) is 41.3 Å². The Kier molecular flexibility index (Phi) is 7.96. The molecule has 0 bridgehead atoms. The van der Waals surface area contributed by atoms with Crippen LogP contribution in [0.15, 0.2) is 33.7 Å². The number of hydrogen-bond donors (Lipinski definition) is 0. The van der Waals surface area contributed by atoms with Crippen LogP contribution in [0.2, 0.25) is 0 Å². The smallest absolute Gasteiger partial charge is 0.248 e. The van der Waals surface area contributed by atoms with E-state index in [-0.39, 0.29) is 22.5 Å². The van der Waals surface area contributed by atoms with E-state index < -0.39 is 10.0 Å². The van der Waals surface area contributed by atoms with Crippen molar-refractivity contribution < 1.29 is 22.5 Å². The molecule has 0 spiro atoms. The van der Waals surface area contributed by atoms with Crippen LogP contribution in [0.4, 0.5) is 0 Å². The van der Waals surface area contributed by atoms with E-state index >= 15 is 0 Å². The Morgan fingerprint density at radius 1 is 1.11 bits per heavy atom. The van der Waals surface area contributed by atoms with Crippen LogP contribution in [0, 0.1) is 18.8 Å². The molecule has 1 aromatic heterocycles. The Morgan fingerprint density at radius 3 is 2.49 bits per heavy atom. The molecule has 190 valence electrons. The molecule has 2 fully saturated rings. The van der Waals surface area contributed by atoms with Crippen molar-refractivity contribution in [2.75, 3.05) is 32.8 Å². The van der Waals surface area contributed by atoms with E-state index in [1.165, 1.54) is 4.31 Å². The summed E-state index contributed by atoms with van der Waals surface area (Å²) in [5, 5.41) is 3.94. The maximum atomic E-state index is 13.6. The number of aromatic nitrogens is 1. The number of hydrogen-bond acceptors (Lipinski definition) is 6. The minimum Gasteiger partial charge on any atom is -0.493 e. The zero-order valence-corrected chi connectivity index (χ0v) is 21.6. The van der Waals surface area contributed by atoms with E-state index in [4.69, 9.17) is 9.26 Å². The van der Waals surface area contributed by atoms with Crippen LogP contribution in [0.3, 0.4) is 0 Å². The quantitative estimate of drug-likeness (QED) is 0.564. The number of ether oxygens (including phenoxy) is 1. The molecule has 0 unspecified atom stereocenters. The minimum absolute atomic E-state index is 0.0810. The molecule has 2 saturated heterocycles. The fourth-order valence-corrected chi connectivity index (χ4v) is 6.55. The summed E-state index contributed by atoms with van der Waals surface area (Å²) in [7, 11) is -3.82. The summed E-state index contributed by atoms with van der Waals surface area (Å²) in [6.07, 6.45) is 6.53. The van der Waals surface area contributed by atoms with Crippen LogP contribution in [-0.4, -0.2) is 61.5 Å². The van der Waals surface area contributed by atoms with Crippen LogP contribution < -0.4 is 4.74 Å². The van der Waals surface area contributed by atoms with Gasteiger partial charge in [-0.2, -0.15) is 4.31 Å². The topological polar surface area (TPSA) is 93.0 Å². The third-order valence-electron chi connectivity index (χ3n) is 6.96. The van der Waals surface area contributed by atoms with Gasteiger partial charge in [-0.1, -0.05) is 30.3 Å². The van der Waals surface area contributed by atoms with Crippen molar-refractivity contribution in [1.82, 2.24) is 14.4 Å². The Morgan fingerprint density at radius 2 is 1.80 bits per heavy atom. The predicted octanol–water partition coefficient (Wildman–Crippen LogP) is 4.21. The Balaban J connectivity index is 1.46. The second kappa shape index (κ2) is 11.0. The van der Waals surface area contributed by atoms with Gasteiger partial charge < -0.3 is 14.2 Å². The summed E-state index contributed by atoms with van der Waals surface area (Å²) in [6.45, 7) is 8.53. The van der Waals surface area contributed by atoms with Crippen molar-refractivity contribution in [2.45, 2.75) is 51.3 Å². The molecule has 3 heterocycles. The maximum absolute atomic E-state index is 13.6. The molecule has 1 aromatic carbocycles. The van der Waals surface area contributed by atoms with Gasteiger partial charge in [-0.05, 0) is 63.7 Å². The molecule has 4 rings (SSSR count). The number of nitrogens with zero attached hydrogens (tertiary/aromatic N) is 3. The monoisotopic (exact) mass is 501 g/mol. The van der Waals surface area contributed by atoms with Gasteiger partial charge in [0.15, 0.2) is 10.7 Å². The lowest BCUT2D eigenvalue weighted by Crippen LogP contribution is -2.46. The molecular weight excluding hydrogens is 466 g/mol. The first-order valence-corrected chi connectivity index (χ1v) is 13.9. The molecule has 8 nitrogen and oxygen atoms in total. The number of amides is 1. The predicted molar refractivity (Wildman–Crippen MR) is 134 cm³/mol. The van der Waals surface area contributed by atoms with E-state index in [9.17, 15) is 13.2 Å². The average Bonchev–Trinajstić information content (AvgIpc) is 3.25. The molecule has 0 aliphatic carbocycles. The van der Waals surface area contributed by atoms with Gasteiger partial charge in [0, 0.05) is 37.7 Å². The van der Waals surface area contributed by atoms with E-state index in [0.29, 0.717) is 49.9 Å². The molecular formula is C26H35N3O5S. The Labute approximate surface area is 208 Å². The number of carbonyl (C=O) groups is 1. The van der Waals surface area contributed by atoms with Gasteiger partial charge in [0.1, 0.15) is 11.4 Å². The Hall–Kier alpha value is -2.65. The maximum Gasteiger partial charge on any atom is 0.248 e. The number of carbonyl (C=O) groups excluding carboxylic acids is 1. The van der Waals surface area contributed by atoms with Gasteiger partial charge >= 0.3 is 0 Å². The van der Waals surface area contributed by atoms with Crippen LogP contribution in [0.1, 0.15) is 56.5 Å². The summed E-state index contributed by atoms with van der Waals surface area (Å²) in [6, 6.07) is 7.53. The van der Waals surface area contributed by atoms with Crippen molar-refractivity contribution >= 4 is 28.1 Å². The second-order valence-corrected chi connectivity index (χ2v) is 11.3. The second-order valence-electron chi connectivity index (χ2n) is 9.45. The van der Waals surface area contributed by atoms with E-state index in [2.05, 4.69) is 12.1 Å². The van der Waals surface area contributed by atoms with Gasteiger partial charge in [-0.25, -0.2) is 8.42 Å². The fourth-order valence-electron chi connectivity index (χ4n) is 4.83. The van der Waals surface area contributed by atoms with E-state index in [1.807, 2.05) is 36.1 Å². The highest BCUT2D eigenvalue weighted by atomic mass is 32.2. The Bertz CT molecular complexity index is 1160. The number of sulfonamides is 1. The molecule has 1 amide bonds. The molecule has 0 saturated carbocycles. The number of benzene rings is 1. The van der Waals surface area contributed by atoms with Crippen LogP contribution >= 0.6 is 0 Å². The zero-order chi connectivity index (χ0) is 25.0. The van der Waals surface area contributed by atoms with Gasteiger partial charge in [-0.15, -0.1) is 0 Å². The molecule has 0 atom stereocenters. The first-order chi connectivity index (χ1) is 16.8. The summed E-state index contributed by atoms with van der Waals surface area (Å²) in [5.74, 6) is 1.62. The number of para-hydroxylation sites is 1. The molecule has 2 aromatic rings. The fraction of sp³-hybridized carbons (Fsp3) is 0.538. The largest absolute Gasteiger partial charge is 0.493 e. The third-order valence-corrected chi connectivity index (χ3v) is 9.02. The first kappa shape index (κ1) is 25.4. The van der Waals surface area contributed by atoms with Gasteiger partial charge in [0.2, 0.25) is 15.9 Å². The molecule has 35 heavy (non-hydrogen) atoms. The van der Waals surface area contributed by atoms with E-state index in [1.54, 1.807) is 19.1 Å². The molecule has 0 N–H and O–H groups in total. The summed E-state index contributed by atoms with van der Waals surface area (Å²) in [4.78, 5) is 15.0. The van der Waals surface area contributed by atoms with Crippen LogP contribution in [0.25, 0.3) is 12.2 Å². The lowest BCUT2D eigenvalue weighted by molar-refractivity contribution is -0.138. The molecule has 2 aliphatic rings. The number of rotatable bonds is 7. The highest BCUT2D eigenvalue weighted by Crippen LogP contribution is 2.31. The van der Waals surface area contributed by atoms with E-state index in [0.717, 1.165) is 31.5 Å². The minimum atomic E-state index is -3.82. The van der Waals surface area contributed by atoms with Crippen LogP contribution in [0.5, 0.6) is 5.75 Å². The summed E-state index contributed by atoms with van der Waals surface area (Å²) < 4.78 is 39.6. The van der Waals surface area contributed by atoms with Crippen molar-refractivity contribution in [2.24, 2.45) is 11.8 Å². The molecule has 9 heteroatoms. The highest BCUT2D eigenvalue weighted by molar-refractivity contribution is 7.89. The normalized spacial score (nSPS) is 18.9. The number of likely N-dealkylation sites (tertiary alicyclic amines) is 1. The van der Waals surface area contributed by atoms with Gasteiger partial charge in [0.05, 0.1) is 6.61 Å². The van der Waals surface area contributed by atoms with Crippen molar-refractivity contribution in [3.8, 4) is 5.75 Å². The van der Waals surface area contributed by atoms with Crippen molar-refractivity contribution in [3.63, 3.8) is 0 Å². The lowest BCUT2D eigenvalue weighted by atomic mass is 9.93. The summed E-state index contributed by atoms with van der Waals surface area (Å²) >= 11 is 0. The number of piperidine rings is 2. The SMILES string of the molecule is CCOc1ccccc1/C=C/c1onc(C)c1S(=O)(=O)N1CCC(C(=O)N2CCC(C)CC2)CC1. The first-order valence-electron chi connectivity index (χ1n) is 12.5. The summed E-state index contributed by atoms with van der Waals surface area (Å²) in [5.41, 5.74) is 1.14. The molecule has 0 radical (unpaired) electrons. The van der Waals surface area contributed by atoms with Gasteiger partial charge in [-0.3, -0.25) is 4.79 Å². The van der Waals surface area contributed by atoms with Crippen molar-refractivity contribution in [1.29, 1.82) is 0 Å². The third kappa shape index (κ3) is 5.62. The standard InChI is InChI=1S/C26H35N3O5S/c1-4-33-23-8-6-5-7-21(23)9-10-24-25(20(3)27-34-24)35(31,32)29-17-13-22(14-18-29)26(30)28-15-11-19(2)12-16-28/h5-10,19,22H,4,11-18H2,1-3H3/b10-9+. The zero-order valence-electron chi connectivity index (χ0n) is 20.8.